The number of benzene rings is 2. The summed E-state index contributed by atoms with van der Waals surface area (Å²) in [4.78, 5) is 0. The summed E-state index contributed by atoms with van der Waals surface area (Å²) in [5, 5.41) is 6.48. The number of hydrogen-bond acceptors (Lipinski definition) is 2. The van der Waals surface area contributed by atoms with E-state index >= 15 is 0 Å². The Hall–Kier alpha value is -0.500. The SMILES string of the molecule is CNc1ccc(I)c(Cc2cc(NC)c(C)cc2I)c1. The molecule has 2 nitrogen and oxygen atoms in total. The molecule has 0 aliphatic rings. The summed E-state index contributed by atoms with van der Waals surface area (Å²) in [6.45, 7) is 2.14. The second-order valence-electron chi connectivity index (χ2n) is 4.74. The summed E-state index contributed by atoms with van der Waals surface area (Å²) in [5.41, 5.74) is 6.39. The van der Waals surface area contributed by atoms with Crippen LogP contribution in [0.15, 0.2) is 30.3 Å². The van der Waals surface area contributed by atoms with Crippen LogP contribution in [-0.4, -0.2) is 14.1 Å². The Balaban J connectivity index is 2.39. The molecule has 106 valence electrons. The number of rotatable bonds is 4. The third kappa shape index (κ3) is 3.58. The van der Waals surface area contributed by atoms with Gasteiger partial charge in [0.2, 0.25) is 0 Å². The van der Waals surface area contributed by atoms with Crippen LogP contribution in [0, 0.1) is 14.1 Å². The van der Waals surface area contributed by atoms with Crippen LogP contribution >= 0.6 is 45.2 Å². The molecule has 0 saturated heterocycles. The number of nitrogens with one attached hydrogen (secondary N) is 2. The highest BCUT2D eigenvalue weighted by Crippen LogP contribution is 2.27. The van der Waals surface area contributed by atoms with Gasteiger partial charge in [-0.2, -0.15) is 0 Å². The van der Waals surface area contributed by atoms with Crippen LogP contribution in [0.5, 0.6) is 0 Å². The van der Waals surface area contributed by atoms with Crippen LogP contribution in [0.4, 0.5) is 11.4 Å². The lowest BCUT2D eigenvalue weighted by atomic mass is 10.0. The Morgan fingerprint density at radius 3 is 2.25 bits per heavy atom. The van der Waals surface area contributed by atoms with Crippen molar-refractivity contribution in [3.05, 3.63) is 54.2 Å². The Morgan fingerprint density at radius 1 is 0.900 bits per heavy atom. The molecule has 0 bridgehead atoms. The van der Waals surface area contributed by atoms with Gasteiger partial charge < -0.3 is 10.6 Å². The van der Waals surface area contributed by atoms with E-state index in [0.29, 0.717) is 0 Å². The molecule has 4 heteroatoms. The van der Waals surface area contributed by atoms with Gasteiger partial charge in [-0.25, -0.2) is 0 Å². The number of aryl methyl sites for hydroxylation is 1. The monoisotopic (exact) mass is 492 g/mol. The molecule has 0 unspecified atom stereocenters. The van der Waals surface area contributed by atoms with Crippen LogP contribution in [0.3, 0.4) is 0 Å². The zero-order chi connectivity index (χ0) is 14.7. The molecule has 2 N–H and O–H groups in total. The minimum Gasteiger partial charge on any atom is -0.388 e. The molecule has 0 heterocycles. The fraction of sp³-hybridized carbons (Fsp3) is 0.250. The molecule has 2 rings (SSSR count). The highest BCUT2D eigenvalue weighted by Gasteiger charge is 2.08. The predicted octanol–water partition coefficient (Wildman–Crippen LogP) is 4.88. The lowest BCUT2D eigenvalue weighted by Crippen LogP contribution is -2.00. The van der Waals surface area contributed by atoms with Crippen molar-refractivity contribution < 1.29 is 0 Å². The summed E-state index contributed by atoms with van der Waals surface area (Å²) in [5.74, 6) is 0. The molecular formula is C16H18I2N2. The Labute approximate surface area is 148 Å². The van der Waals surface area contributed by atoms with Crippen molar-refractivity contribution in [2.45, 2.75) is 13.3 Å². The van der Waals surface area contributed by atoms with Crippen LogP contribution in [0.2, 0.25) is 0 Å². The maximum absolute atomic E-state index is 3.27. The average molecular weight is 492 g/mol. The van der Waals surface area contributed by atoms with Gasteiger partial charge in [0.15, 0.2) is 0 Å². The molecule has 20 heavy (non-hydrogen) atoms. The van der Waals surface area contributed by atoms with Gasteiger partial charge in [0.05, 0.1) is 0 Å². The first-order valence-electron chi connectivity index (χ1n) is 6.48. The van der Waals surface area contributed by atoms with Crippen molar-refractivity contribution in [1.29, 1.82) is 0 Å². The van der Waals surface area contributed by atoms with E-state index in [1.807, 2.05) is 14.1 Å². The molecule has 0 radical (unpaired) electrons. The fourth-order valence-corrected chi connectivity index (χ4v) is 3.53. The van der Waals surface area contributed by atoms with E-state index in [-0.39, 0.29) is 0 Å². The second kappa shape index (κ2) is 6.98. The lowest BCUT2D eigenvalue weighted by Gasteiger charge is -2.13. The molecule has 0 atom stereocenters. The van der Waals surface area contributed by atoms with Crippen molar-refractivity contribution in [2.75, 3.05) is 24.7 Å². The van der Waals surface area contributed by atoms with E-state index in [0.717, 1.165) is 12.1 Å². The minimum absolute atomic E-state index is 0.959. The van der Waals surface area contributed by atoms with Gasteiger partial charge in [-0.05, 0) is 106 Å². The van der Waals surface area contributed by atoms with Crippen molar-refractivity contribution in [2.24, 2.45) is 0 Å². The number of anilines is 2. The molecule has 2 aromatic rings. The summed E-state index contributed by atoms with van der Waals surface area (Å²) < 4.78 is 2.63. The summed E-state index contributed by atoms with van der Waals surface area (Å²) in [6.07, 6.45) is 0.959. The Morgan fingerprint density at radius 2 is 1.60 bits per heavy atom. The van der Waals surface area contributed by atoms with Gasteiger partial charge in [-0.3, -0.25) is 0 Å². The van der Waals surface area contributed by atoms with E-state index in [9.17, 15) is 0 Å². The topological polar surface area (TPSA) is 24.1 Å². The lowest BCUT2D eigenvalue weighted by molar-refractivity contribution is 1.15. The normalized spacial score (nSPS) is 10.4. The molecule has 0 spiro atoms. The summed E-state index contributed by atoms with van der Waals surface area (Å²) >= 11 is 4.84. The Bertz CT molecular complexity index is 624. The van der Waals surface area contributed by atoms with Crippen molar-refractivity contribution in [3.63, 3.8) is 0 Å². The molecular weight excluding hydrogens is 474 g/mol. The van der Waals surface area contributed by atoms with Gasteiger partial charge in [0, 0.05) is 32.6 Å². The molecule has 0 aliphatic carbocycles. The van der Waals surface area contributed by atoms with Gasteiger partial charge in [0.25, 0.3) is 0 Å². The molecule has 0 aromatic heterocycles. The third-order valence-corrected chi connectivity index (χ3v) is 5.43. The first kappa shape index (κ1) is 15.9. The zero-order valence-electron chi connectivity index (χ0n) is 11.8. The van der Waals surface area contributed by atoms with E-state index in [1.165, 1.54) is 29.5 Å². The van der Waals surface area contributed by atoms with E-state index in [1.54, 1.807) is 0 Å². The molecule has 0 saturated carbocycles. The van der Waals surface area contributed by atoms with Gasteiger partial charge in [0.1, 0.15) is 0 Å². The average Bonchev–Trinajstić information content (AvgIpc) is 2.44. The van der Waals surface area contributed by atoms with Crippen molar-refractivity contribution in [1.82, 2.24) is 0 Å². The molecule has 0 aliphatic heterocycles. The quantitative estimate of drug-likeness (QED) is 0.596. The van der Waals surface area contributed by atoms with E-state index in [4.69, 9.17) is 0 Å². The maximum Gasteiger partial charge on any atom is 0.0370 e. The molecule has 2 aromatic carbocycles. The smallest absolute Gasteiger partial charge is 0.0370 e. The van der Waals surface area contributed by atoms with Gasteiger partial charge in [-0.15, -0.1) is 0 Å². The van der Waals surface area contributed by atoms with E-state index in [2.05, 4.69) is 93.1 Å². The predicted molar refractivity (Wildman–Crippen MR) is 105 cm³/mol. The summed E-state index contributed by atoms with van der Waals surface area (Å²) in [6, 6.07) is 11.0. The first-order chi connectivity index (χ1) is 9.55. The van der Waals surface area contributed by atoms with Crippen LogP contribution < -0.4 is 10.6 Å². The van der Waals surface area contributed by atoms with Crippen molar-refractivity contribution in [3.8, 4) is 0 Å². The fourth-order valence-electron chi connectivity index (χ4n) is 2.19. The number of hydrogen-bond donors (Lipinski definition) is 2. The second-order valence-corrected chi connectivity index (χ2v) is 7.07. The van der Waals surface area contributed by atoms with Crippen LogP contribution in [0.1, 0.15) is 16.7 Å². The molecule has 0 amide bonds. The van der Waals surface area contributed by atoms with E-state index < -0.39 is 0 Å². The number of halogens is 2. The Kier molecular flexibility index (Phi) is 5.54. The van der Waals surface area contributed by atoms with Gasteiger partial charge >= 0.3 is 0 Å². The molecule has 0 fully saturated rings. The van der Waals surface area contributed by atoms with Gasteiger partial charge in [-0.1, -0.05) is 0 Å². The zero-order valence-corrected chi connectivity index (χ0v) is 16.2. The van der Waals surface area contributed by atoms with Crippen LogP contribution in [0.25, 0.3) is 0 Å². The highest BCUT2D eigenvalue weighted by molar-refractivity contribution is 14.1. The van der Waals surface area contributed by atoms with Crippen LogP contribution in [-0.2, 0) is 6.42 Å². The van der Waals surface area contributed by atoms with Crippen molar-refractivity contribution >= 4 is 56.6 Å². The third-order valence-electron chi connectivity index (χ3n) is 3.38. The largest absolute Gasteiger partial charge is 0.388 e. The minimum atomic E-state index is 0.959. The standard InChI is InChI=1S/C16H18I2N2/c1-10-6-15(18)12(9-16(10)20-3)7-11-8-13(19-2)4-5-14(11)17/h4-6,8-9,19-20H,7H2,1-3H3. The first-order valence-corrected chi connectivity index (χ1v) is 8.64. The maximum atomic E-state index is 3.27. The summed E-state index contributed by atoms with van der Waals surface area (Å²) in [7, 11) is 3.94. The highest BCUT2D eigenvalue weighted by atomic mass is 127.